The molecule has 0 aliphatic carbocycles. The molecule has 0 saturated carbocycles. The number of nitrogens with one attached hydrogen (secondary N) is 1. The molecular weight excluding hydrogens is 264 g/mol. The van der Waals surface area contributed by atoms with E-state index in [1.165, 1.54) is 16.2 Å². The molecule has 2 heterocycles. The van der Waals surface area contributed by atoms with Crippen LogP contribution in [0.25, 0.3) is 0 Å². The van der Waals surface area contributed by atoms with Crippen molar-refractivity contribution in [2.75, 3.05) is 20.1 Å². The minimum atomic E-state index is -0.358. The first-order valence-corrected chi connectivity index (χ1v) is 6.21. The smallest absolute Gasteiger partial charge is 0.410 e. The highest BCUT2D eigenvalue weighted by atomic mass is 35.5. The Morgan fingerprint density at radius 1 is 1.71 bits per heavy atom. The summed E-state index contributed by atoms with van der Waals surface area (Å²) in [4.78, 5) is 24.8. The summed E-state index contributed by atoms with van der Waals surface area (Å²) in [6.07, 6.45) is -0.643. The van der Waals surface area contributed by atoms with Gasteiger partial charge >= 0.3 is 6.09 Å². The number of hydrogen-bond donors (Lipinski definition) is 1. The number of carbonyl (C=O) groups excluding carboxylic acids is 2. The molecule has 0 unspecified atom stereocenters. The van der Waals surface area contributed by atoms with Crippen LogP contribution in [0.5, 0.6) is 0 Å². The second kappa shape index (κ2) is 4.93. The van der Waals surface area contributed by atoms with E-state index in [2.05, 4.69) is 5.32 Å². The highest BCUT2D eigenvalue weighted by molar-refractivity contribution is 7.17. The molecule has 0 aromatic carbocycles. The Kier molecular flexibility index (Phi) is 3.54. The number of amides is 2. The molecule has 7 heteroatoms. The Morgan fingerprint density at radius 3 is 3.00 bits per heavy atom. The van der Waals surface area contributed by atoms with Crippen molar-refractivity contribution in [1.29, 1.82) is 0 Å². The van der Waals surface area contributed by atoms with Gasteiger partial charge in [0, 0.05) is 7.05 Å². The summed E-state index contributed by atoms with van der Waals surface area (Å²) >= 11 is 6.95. The summed E-state index contributed by atoms with van der Waals surface area (Å²) in [7, 11) is 1.66. The van der Waals surface area contributed by atoms with Crippen LogP contribution in [0.2, 0.25) is 4.34 Å². The lowest BCUT2D eigenvalue weighted by Crippen LogP contribution is -2.33. The topological polar surface area (TPSA) is 58.6 Å². The van der Waals surface area contributed by atoms with Gasteiger partial charge in [-0.2, -0.15) is 0 Å². The van der Waals surface area contributed by atoms with Crippen LogP contribution in [0.3, 0.4) is 0 Å². The second-order valence-electron chi connectivity index (χ2n) is 3.70. The quantitative estimate of drug-likeness (QED) is 0.910. The molecule has 17 heavy (non-hydrogen) atoms. The van der Waals surface area contributed by atoms with Crippen LogP contribution < -0.4 is 5.32 Å². The molecule has 1 saturated heterocycles. The molecular formula is C10H11ClN2O3S. The van der Waals surface area contributed by atoms with Gasteiger partial charge in [0.2, 0.25) is 0 Å². The van der Waals surface area contributed by atoms with Gasteiger partial charge in [0.1, 0.15) is 6.10 Å². The van der Waals surface area contributed by atoms with Crippen molar-refractivity contribution in [2.24, 2.45) is 0 Å². The van der Waals surface area contributed by atoms with Crippen LogP contribution in [-0.2, 0) is 4.74 Å². The fourth-order valence-electron chi connectivity index (χ4n) is 1.49. The molecule has 2 rings (SSSR count). The zero-order valence-electron chi connectivity index (χ0n) is 9.10. The molecule has 0 bridgehead atoms. The van der Waals surface area contributed by atoms with Crippen LogP contribution in [0.1, 0.15) is 9.67 Å². The zero-order valence-corrected chi connectivity index (χ0v) is 10.7. The SMILES string of the molecule is CN1C[C@H](CNC(=O)c2ccc(Cl)s2)OC1=O. The number of thiophene rings is 1. The van der Waals surface area contributed by atoms with Crippen LogP contribution in [0.15, 0.2) is 12.1 Å². The van der Waals surface area contributed by atoms with Crippen molar-refractivity contribution in [3.8, 4) is 0 Å². The van der Waals surface area contributed by atoms with E-state index < -0.39 is 0 Å². The van der Waals surface area contributed by atoms with Crippen LogP contribution in [-0.4, -0.2) is 43.1 Å². The fraction of sp³-hybridized carbons (Fsp3) is 0.400. The Bertz CT molecular complexity index is 449. The number of ether oxygens (including phenoxy) is 1. The largest absolute Gasteiger partial charge is 0.442 e. The predicted molar refractivity (Wildman–Crippen MR) is 64.6 cm³/mol. The molecule has 1 fully saturated rings. The number of halogens is 1. The summed E-state index contributed by atoms with van der Waals surface area (Å²) in [5, 5.41) is 2.70. The highest BCUT2D eigenvalue weighted by Crippen LogP contribution is 2.21. The van der Waals surface area contributed by atoms with E-state index in [-0.39, 0.29) is 18.1 Å². The van der Waals surface area contributed by atoms with Gasteiger partial charge in [-0.1, -0.05) is 11.6 Å². The summed E-state index contributed by atoms with van der Waals surface area (Å²) in [6.45, 7) is 0.800. The molecule has 5 nitrogen and oxygen atoms in total. The first kappa shape index (κ1) is 12.2. The van der Waals surface area contributed by atoms with Crippen molar-refractivity contribution in [2.45, 2.75) is 6.10 Å². The van der Waals surface area contributed by atoms with E-state index in [1.54, 1.807) is 19.2 Å². The van der Waals surface area contributed by atoms with E-state index in [4.69, 9.17) is 16.3 Å². The maximum Gasteiger partial charge on any atom is 0.410 e. The molecule has 1 atom stereocenters. The minimum Gasteiger partial charge on any atom is -0.442 e. The zero-order chi connectivity index (χ0) is 12.4. The summed E-state index contributed by atoms with van der Waals surface area (Å²) in [5.74, 6) is -0.201. The van der Waals surface area contributed by atoms with E-state index in [9.17, 15) is 9.59 Å². The van der Waals surface area contributed by atoms with Crippen molar-refractivity contribution < 1.29 is 14.3 Å². The summed E-state index contributed by atoms with van der Waals surface area (Å²) < 4.78 is 5.59. The van der Waals surface area contributed by atoms with Crippen LogP contribution >= 0.6 is 22.9 Å². The van der Waals surface area contributed by atoms with E-state index in [0.717, 1.165) is 0 Å². The van der Waals surface area contributed by atoms with Crippen LogP contribution in [0.4, 0.5) is 4.79 Å². The van der Waals surface area contributed by atoms with Crippen molar-refractivity contribution in [3.63, 3.8) is 0 Å². The van der Waals surface area contributed by atoms with Gasteiger partial charge in [-0.05, 0) is 12.1 Å². The molecule has 1 aromatic rings. The lowest BCUT2D eigenvalue weighted by molar-refractivity contribution is 0.0919. The van der Waals surface area contributed by atoms with Gasteiger partial charge < -0.3 is 15.0 Å². The molecule has 2 amide bonds. The maximum atomic E-state index is 11.7. The second-order valence-corrected chi connectivity index (χ2v) is 5.42. The van der Waals surface area contributed by atoms with Gasteiger partial charge in [-0.3, -0.25) is 4.79 Å². The normalized spacial score (nSPS) is 19.3. The van der Waals surface area contributed by atoms with Gasteiger partial charge in [0.15, 0.2) is 0 Å². The molecule has 1 aromatic heterocycles. The average Bonchev–Trinajstić information content (AvgIpc) is 2.83. The molecule has 0 spiro atoms. The monoisotopic (exact) mass is 274 g/mol. The Hall–Kier alpha value is -1.27. The predicted octanol–water partition coefficient (Wildman–Crippen LogP) is 1.58. The Labute approximate surface area is 107 Å². The van der Waals surface area contributed by atoms with Crippen molar-refractivity contribution >= 4 is 34.9 Å². The molecule has 1 aliphatic heterocycles. The van der Waals surface area contributed by atoms with E-state index in [0.29, 0.717) is 22.3 Å². The van der Waals surface area contributed by atoms with Gasteiger partial charge in [0.25, 0.3) is 5.91 Å². The number of rotatable bonds is 3. The third-order valence-electron chi connectivity index (χ3n) is 2.34. The van der Waals surface area contributed by atoms with Gasteiger partial charge in [-0.15, -0.1) is 11.3 Å². The van der Waals surface area contributed by atoms with E-state index >= 15 is 0 Å². The molecule has 92 valence electrons. The lowest BCUT2D eigenvalue weighted by Gasteiger charge is -2.08. The first-order valence-electron chi connectivity index (χ1n) is 5.01. The minimum absolute atomic E-state index is 0.201. The number of nitrogens with zero attached hydrogens (tertiary/aromatic N) is 1. The standard InChI is InChI=1S/C10H11ClN2O3S/c1-13-5-6(16-10(13)15)4-12-9(14)7-2-3-8(11)17-7/h2-3,6H,4-5H2,1H3,(H,12,14)/t6-/m0/s1. The fourth-order valence-corrected chi connectivity index (χ4v) is 2.45. The van der Waals surface area contributed by atoms with Crippen LogP contribution in [0, 0.1) is 0 Å². The first-order chi connectivity index (χ1) is 8.06. The summed E-state index contributed by atoms with van der Waals surface area (Å²) in [5.41, 5.74) is 0. The number of carbonyl (C=O) groups is 2. The summed E-state index contributed by atoms with van der Waals surface area (Å²) in [6, 6.07) is 3.33. The van der Waals surface area contributed by atoms with Crippen molar-refractivity contribution in [3.05, 3.63) is 21.3 Å². The molecule has 1 N–H and O–H groups in total. The Balaban J connectivity index is 1.83. The average molecular weight is 275 g/mol. The number of hydrogen-bond acceptors (Lipinski definition) is 4. The van der Waals surface area contributed by atoms with Crippen molar-refractivity contribution in [1.82, 2.24) is 10.2 Å². The van der Waals surface area contributed by atoms with E-state index in [1.807, 2.05) is 0 Å². The maximum absolute atomic E-state index is 11.7. The highest BCUT2D eigenvalue weighted by Gasteiger charge is 2.28. The molecule has 0 radical (unpaired) electrons. The third-order valence-corrected chi connectivity index (χ3v) is 3.57. The third kappa shape index (κ3) is 2.89. The lowest BCUT2D eigenvalue weighted by atomic mass is 10.3. The van der Waals surface area contributed by atoms with Gasteiger partial charge in [-0.25, -0.2) is 4.79 Å². The number of likely N-dealkylation sites (N-methyl/N-ethyl adjacent to an activating group) is 1. The van der Waals surface area contributed by atoms with Gasteiger partial charge in [0.05, 0.1) is 22.3 Å². The Morgan fingerprint density at radius 2 is 2.47 bits per heavy atom. The molecule has 1 aliphatic rings. The number of cyclic esters (lactones) is 1.